The highest BCUT2D eigenvalue weighted by molar-refractivity contribution is 7.09. The molecule has 0 aliphatic carbocycles. The van der Waals surface area contributed by atoms with E-state index in [0.29, 0.717) is 0 Å². The monoisotopic (exact) mass is 268 g/mol. The standard InChI is InChI=1S/C7H6Cl2N2O3S/c1-14-3(12)2-10-7(13)5-4(8)6(9)11-15-5/h2H2,1H3,(H,10,13). The van der Waals surface area contributed by atoms with Gasteiger partial charge >= 0.3 is 5.97 Å². The van der Waals surface area contributed by atoms with Crippen molar-refractivity contribution in [1.29, 1.82) is 0 Å². The van der Waals surface area contributed by atoms with Gasteiger partial charge in [0, 0.05) is 0 Å². The van der Waals surface area contributed by atoms with E-state index in [4.69, 9.17) is 23.2 Å². The van der Waals surface area contributed by atoms with Crippen molar-refractivity contribution in [3.05, 3.63) is 15.1 Å². The van der Waals surface area contributed by atoms with Crippen molar-refractivity contribution in [2.45, 2.75) is 0 Å². The van der Waals surface area contributed by atoms with Crippen LogP contribution >= 0.6 is 34.7 Å². The predicted molar refractivity (Wildman–Crippen MR) is 56.5 cm³/mol. The Balaban J connectivity index is 2.62. The molecule has 1 heterocycles. The number of methoxy groups -OCH3 is 1. The highest BCUT2D eigenvalue weighted by Crippen LogP contribution is 2.28. The number of rotatable bonds is 3. The fraction of sp³-hybridized carbons (Fsp3) is 0.286. The fourth-order valence-corrected chi connectivity index (χ4v) is 1.84. The normalized spacial score (nSPS) is 9.80. The second-order valence-electron chi connectivity index (χ2n) is 2.38. The first kappa shape index (κ1) is 12.2. The van der Waals surface area contributed by atoms with Crippen molar-refractivity contribution < 1.29 is 14.3 Å². The Kier molecular flexibility index (Phi) is 4.31. The maximum Gasteiger partial charge on any atom is 0.325 e. The maximum atomic E-state index is 11.4. The minimum absolute atomic E-state index is 0.0740. The average molecular weight is 269 g/mol. The molecule has 1 rings (SSSR count). The predicted octanol–water partition coefficient (Wildman–Crippen LogP) is 1.35. The van der Waals surface area contributed by atoms with Gasteiger partial charge < -0.3 is 10.1 Å². The number of hydrogen-bond donors (Lipinski definition) is 1. The first-order valence-electron chi connectivity index (χ1n) is 3.72. The van der Waals surface area contributed by atoms with Crippen molar-refractivity contribution in [2.24, 2.45) is 0 Å². The van der Waals surface area contributed by atoms with Gasteiger partial charge in [-0.15, -0.1) is 0 Å². The Labute approximate surface area is 99.5 Å². The third kappa shape index (κ3) is 3.05. The van der Waals surface area contributed by atoms with Crippen molar-refractivity contribution in [2.75, 3.05) is 13.7 Å². The molecule has 82 valence electrons. The zero-order valence-corrected chi connectivity index (χ0v) is 9.87. The lowest BCUT2D eigenvalue weighted by atomic mass is 10.4. The summed E-state index contributed by atoms with van der Waals surface area (Å²) in [5.74, 6) is -1.05. The summed E-state index contributed by atoms with van der Waals surface area (Å²) in [6.07, 6.45) is 0. The molecule has 15 heavy (non-hydrogen) atoms. The maximum absolute atomic E-state index is 11.4. The third-order valence-electron chi connectivity index (χ3n) is 1.42. The van der Waals surface area contributed by atoms with E-state index >= 15 is 0 Å². The molecule has 1 amide bonds. The minimum atomic E-state index is -0.546. The molecule has 0 radical (unpaired) electrons. The molecule has 1 aromatic rings. The largest absolute Gasteiger partial charge is 0.468 e. The van der Waals surface area contributed by atoms with E-state index in [1.54, 1.807) is 0 Å². The van der Waals surface area contributed by atoms with E-state index in [2.05, 4.69) is 14.4 Å². The molecule has 0 aromatic carbocycles. The topological polar surface area (TPSA) is 68.3 Å². The molecule has 1 aromatic heterocycles. The van der Waals surface area contributed by atoms with Gasteiger partial charge in [0.05, 0.1) is 7.11 Å². The molecule has 8 heteroatoms. The van der Waals surface area contributed by atoms with Gasteiger partial charge in [-0.2, -0.15) is 4.37 Å². The Bertz CT molecular complexity index is 394. The van der Waals surface area contributed by atoms with Crippen molar-refractivity contribution in [3.63, 3.8) is 0 Å². The number of esters is 1. The summed E-state index contributed by atoms with van der Waals surface area (Å²) in [7, 11) is 1.23. The van der Waals surface area contributed by atoms with Gasteiger partial charge in [0.1, 0.15) is 16.4 Å². The Morgan fingerprint density at radius 3 is 2.67 bits per heavy atom. The lowest BCUT2D eigenvalue weighted by Gasteiger charge is -2.01. The molecule has 0 unspecified atom stereocenters. The number of hydrogen-bond acceptors (Lipinski definition) is 5. The second-order valence-corrected chi connectivity index (χ2v) is 3.88. The number of carbonyl (C=O) groups excluding carboxylic acids is 2. The highest BCUT2D eigenvalue weighted by atomic mass is 35.5. The van der Waals surface area contributed by atoms with Gasteiger partial charge in [-0.3, -0.25) is 9.59 Å². The molecular formula is C7H6Cl2N2O3S. The number of carbonyl (C=O) groups is 2. The molecule has 0 saturated carbocycles. The van der Waals surface area contributed by atoms with Crippen LogP contribution in [0.4, 0.5) is 0 Å². The van der Waals surface area contributed by atoms with Gasteiger partial charge in [-0.25, -0.2) is 0 Å². The summed E-state index contributed by atoms with van der Waals surface area (Å²) in [6, 6.07) is 0. The van der Waals surface area contributed by atoms with Crippen LogP contribution in [-0.2, 0) is 9.53 Å². The first-order chi connectivity index (χ1) is 7.06. The first-order valence-corrected chi connectivity index (χ1v) is 5.25. The summed E-state index contributed by atoms with van der Waals surface area (Å²) in [4.78, 5) is 22.3. The summed E-state index contributed by atoms with van der Waals surface area (Å²) in [5, 5.41) is 2.48. The van der Waals surface area contributed by atoms with Gasteiger partial charge in [0.2, 0.25) is 0 Å². The van der Waals surface area contributed by atoms with Crippen molar-refractivity contribution in [1.82, 2.24) is 9.69 Å². The van der Waals surface area contributed by atoms with Crippen LogP contribution in [0.3, 0.4) is 0 Å². The van der Waals surface area contributed by atoms with E-state index in [1.165, 1.54) is 7.11 Å². The van der Waals surface area contributed by atoms with Crippen LogP contribution in [0.1, 0.15) is 9.67 Å². The lowest BCUT2D eigenvalue weighted by Crippen LogP contribution is -2.29. The Hall–Kier alpha value is -0.850. The number of amides is 1. The summed E-state index contributed by atoms with van der Waals surface area (Å²) in [6.45, 7) is -0.221. The van der Waals surface area contributed by atoms with Gasteiger partial charge in [-0.05, 0) is 11.5 Å². The molecule has 0 aliphatic heterocycles. The molecule has 1 N–H and O–H groups in total. The van der Waals surface area contributed by atoms with E-state index < -0.39 is 11.9 Å². The number of aromatic nitrogens is 1. The Morgan fingerprint density at radius 2 is 2.20 bits per heavy atom. The van der Waals surface area contributed by atoms with Crippen LogP contribution in [0, 0.1) is 0 Å². The molecule has 5 nitrogen and oxygen atoms in total. The van der Waals surface area contributed by atoms with Gasteiger partial charge in [-0.1, -0.05) is 23.2 Å². The summed E-state index contributed by atoms with van der Waals surface area (Å²) >= 11 is 12.1. The van der Waals surface area contributed by atoms with Crippen LogP contribution in [0.15, 0.2) is 0 Å². The second kappa shape index (κ2) is 5.29. The molecule has 0 atom stereocenters. The summed E-state index contributed by atoms with van der Waals surface area (Å²) < 4.78 is 8.03. The van der Waals surface area contributed by atoms with E-state index in [9.17, 15) is 9.59 Å². The molecular weight excluding hydrogens is 263 g/mol. The van der Waals surface area contributed by atoms with Gasteiger partial charge in [0.15, 0.2) is 5.15 Å². The van der Waals surface area contributed by atoms with Crippen LogP contribution in [-0.4, -0.2) is 29.9 Å². The van der Waals surface area contributed by atoms with Crippen molar-refractivity contribution >= 4 is 46.6 Å². The molecule has 0 spiro atoms. The zero-order valence-electron chi connectivity index (χ0n) is 7.54. The highest BCUT2D eigenvalue weighted by Gasteiger charge is 2.17. The lowest BCUT2D eigenvalue weighted by molar-refractivity contribution is -0.139. The Morgan fingerprint density at radius 1 is 1.53 bits per heavy atom. The molecule has 0 bridgehead atoms. The van der Waals surface area contributed by atoms with E-state index in [-0.39, 0.29) is 21.6 Å². The average Bonchev–Trinajstić information content (AvgIpc) is 2.56. The molecule has 0 fully saturated rings. The van der Waals surface area contributed by atoms with Crippen molar-refractivity contribution in [3.8, 4) is 0 Å². The smallest absolute Gasteiger partial charge is 0.325 e. The number of ether oxygens (including phenoxy) is 1. The van der Waals surface area contributed by atoms with E-state index in [0.717, 1.165) is 11.5 Å². The third-order valence-corrected chi connectivity index (χ3v) is 3.22. The molecule has 0 aliphatic rings. The number of nitrogens with zero attached hydrogens (tertiary/aromatic N) is 1. The minimum Gasteiger partial charge on any atom is -0.468 e. The van der Waals surface area contributed by atoms with Crippen LogP contribution in [0.2, 0.25) is 10.2 Å². The van der Waals surface area contributed by atoms with Gasteiger partial charge in [0.25, 0.3) is 5.91 Å². The quantitative estimate of drug-likeness (QED) is 0.841. The van der Waals surface area contributed by atoms with Crippen LogP contribution in [0.25, 0.3) is 0 Å². The number of halogens is 2. The SMILES string of the molecule is COC(=O)CNC(=O)c1snc(Cl)c1Cl. The van der Waals surface area contributed by atoms with Crippen LogP contribution < -0.4 is 5.32 Å². The fourth-order valence-electron chi connectivity index (χ4n) is 0.706. The van der Waals surface area contributed by atoms with Crippen LogP contribution in [0.5, 0.6) is 0 Å². The zero-order chi connectivity index (χ0) is 11.4. The van der Waals surface area contributed by atoms with E-state index in [1.807, 2.05) is 0 Å². The molecule has 0 saturated heterocycles. The number of nitrogens with one attached hydrogen (secondary N) is 1. The summed E-state index contributed by atoms with van der Waals surface area (Å²) in [5.41, 5.74) is 0.